The number of hydrogen-bond acceptors (Lipinski definition) is 4. The number of nitrogens with one attached hydrogen (secondary N) is 2. The first-order valence-electron chi connectivity index (χ1n) is 4.87. The molecule has 0 unspecified atom stereocenters. The van der Waals surface area contributed by atoms with Crippen molar-refractivity contribution in [1.82, 2.24) is 20.7 Å². The van der Waals surface area contributed by atoms with E-state index in [0.29, 0.717) is 0 Å². The van der Waals surface area contributed by atoms with Crippen molar-refractivity contribution in [3.05, 3.63) is 36.0 Å². The fourth-order valence-corrected chi connectivity index (χ4v) is 1.84. The van der Waals surface area contributed by atoms with Gasteiger partial charge in [0.1, 0.15) is 0 Å². The van der Waals surface area contributed by atoms with Crippen LogP contribution in [0.4, 0.5) is 11.5 Å². The number of nitrogens with zero attached hydrogens (tertiary/aromatic N) is 3. The molecular weight excluding hydrogens is 190 g/mol. The number of fused-ring (bicyclic) bond motifs is 1. The molecule has 0 bridgehead atoms. The number of rotatable bonds is 1. The average Bonchev–Trinajstić information content (AvgIpc) is 2.82. The number of H-pyrrole nitrogens is 1. The molecule has 0 radical (unpaired) electrons. The number of aromatic nitrogens is 3. The summed E-state index contributed by atoms with van der Waals surface area (Å²) in [5, 5.41) is 13.9. The molecule has 0 spiro atoms. The second-order valence-corrected chi connectivity index (χ2v) is 3.47. The molecule has 76 valence electrons. The van der Waals surface area contributed by atoms with E-state index < -0.39 is 0 Å². The number of hydrogen-bond donors (Lipinski definition) is 2. The Kier molecular flexibility index (Phi) is 1.89. The maximum absolute atomic E-state index is 4.09. The normalized spacial score (nSPS) is 15.1. The topological polar surface area (TPSA) is 56.8 Å². The lowest BCUT2D eigenvalue weighted by Gasteiger charge is -2.29. The zero-order valence-corrected chi connectivity index (χ0v) is 8.14. The van der Waals surface area contributed by atoms with Crippen molar-refractivity contribution in [2.75, 3.05) is 11.6 Å². The molecule has 5 heteroatoms. The maximum Gasteiger partial charge on any atom is 0.176 e. The van der Waals surface area contributed by atoms with Gasteiger partial charge in [-0.2, -0.15) is 10.3 Å². The van der Waals surface area contributed by atoms with Crippen LogP contribution in [0.1, 0.15) is 5.56 Å². The minimum Gasteiger partial charge on any atom is -0.310 e. The van der Waals surface area contributed by atoms with Gasteiger partial charge in [0.2, 0.25) is 0 Å². The Morgan fingerprint density at radius 1 is 1.27 bits per heavy atom. The first-order valence-corrected chi connectivity index (χ1v) is 4.87. The van der Waals surface area contributed by atoms with E-state index in [-0.39, 0.29) is 0 Å². The first kappa shape index (κ1) is 8.43. The van der Waals surface area contributed by atoms with E-state index in [4.69, 9.17) is 0 Å². The van der Waals surface area contributed by atoms with Crippen LogP contribution in [0.25, 0.3) is 0 Å². The molecule has 0 saturated carbocycles. The Labute approximate surface area is 87.1 Å². The van der Waals surface area contributed by atoms with Crippen LogP contribution in [0.3, 0.4) is 0 Å². The average molecular weight is 201 g/mol. The van der Waals surface area contributed by atoms with Crippen molar-refractivity contribution < 1.29 is 0 Å². The Morgan fingerprint density at radius 3 is 3.07 bits per heavy atom. The number of anilines is 2. The van der Waals surface area contributed by atoms with Crippen LogP contribution in [0, 0.1) is 0 Å². The van der Waals surface area contributed by atoms with Crippen LogP contribution in [0.2, 0.25) is 0 Å². The molecule has 1 aromatic heterocycles. The fourth-order valence-electron chi connectivity index (χ4n) is 1.84. The third kappa shape index (κ3) is 1.37. The van der Waals surface area contributed by atoms with E-state index in [9.17, 15) is 0 Å². The highest BCUT2D eigenvalue weighted by atomic mass is 15.4. The molecule has 2 aromatic rings. The van der Waals surface area contributed by atoms with Gasteiger partial charge in [0.25, 0.3) is 0 Å². The standard InChI is InChI=1S/C10H11N5/c1-2-4-9-8(3-1)5-11-7-15(9)10-6-12-14-13-10/h1-4,6,11H,5,7H2,(H,12,13,14). The number of aromatic amines is 1. The van der Waals surface area contributed by atoms with Gasteiger partial charge in [0.15, 0.2) is 5.82 Å². The van der Waals surface area contributed by atoms with Crippen LogP contribution < -0.4 is 10.2 Å². The third-order valence-corrected chi connectivity index (χ3v) is 2.55. The van der Waals surface area contributed by atoms with Gasteiger partial charge in [0.05, 0.1) is 12.9 Å². The molecule has 15 heavy (non-hydrogen) atoms. The molecule has 5 nitrogen and oxygen atoms in total. The predicted octanol–water partition coefficient (Wildman–Crippen LogP) is 1.00. The SMILES string of the molecule is c1ccc2c(c1)CNCN2c1cn[nH]n1. The third-order valence-electron chi connectivity index (χ3n) is 2.55. The summed E-state index contributed by atoms with van der Waals surface area (Å²) in [5.41, 5.74) is 2.48. The Bertz CT molecular complexity index is 451. The number of benzene rings is 1. The van der Waals surface area contributed by atoms with Gasteiger partial charge in [-0.3, -0.25) is 5.32 Å². The zero-order chi connectivity index (χ0) is 10.1. The molecule has 0 amide bonds. The van der Waals surface area contributed by atoms with E-state index in [2.05, 4.69) is 37.8 Å². The van der Waals surface area contributed by atoms with E-state index in [1.165, 1.54) is 11.3 Å². The highest BCUT2D eigenvalue weighted by Crippen LogP contribution is 2.28. The predicted molar refractivity (Wildman–Crippen MR) is 56.7 cm³/mol. The van der Waals surface area contributed by atoms with Gasteiger partial charge in [-0.05, 0) is 11.6 Å². The van der Waals surface area contributed by atoms with Crippen LogP contribution in [0.15, 0.2) is 30.5 Å². The van der Waals surface area contributed by atoms with Crippen molar-refractivity contribution in [1.29, 1.82) is 0 Å². The smallest absolute Gasteiger partial charge is 0.176 e. The van der Waals surface area contributed by atoms with Gasteiger partial charge in [0, 0.05) is 12.2 Å². The van der Waals surface area contributed by atoms with E-state index in [0.717, 1.165) is 19.0 Å². The van der Waals surface area contributed by atoms with Gasteiger partial charge in [-0.15, -0.1) is 5.10 Å². The molecule has 3 rings (SSSR count). The Hall–Kier alpha value is -1.88. The summed E-state index contributed by atoms with van der Waals surface area (Å²) in [6.07, 6.45) is 1.73. The van der Waals surface area contributed by atoms with Crippen LogP contribution in [0.5, 0.6) is 0 Å². The summed E-state index contributed by atoms with van der Waals surface area (Å²) in [6.45, 7) is 1.67. The second kappa shape index (κ2) is 3.36. The molecule has 0 aliphatic carbocycles. The van der Waals surface area contributed by atoms with Gasteiger partial charge in [-0.1, -0.05) is 18.2 Å². The minimum absolute atomic E-state index is 0.767. The highest BCUT2D eigenvalue weighted by molar-refractivity contribution is 5.64. The van der Waals surface area contributed by atoms with E-state index in [1.807, 2.05) is 12.1 Å². The summed E-state index contributed by atoms with van der Waals surface area (Å²) in [6, 6.07) is 8.31. The summed E-state index contributed by atoms with van der Waals surface area (Å²) in [7, 11) is 0. The summed E-state index contributed by atoms with van der Waals surface area (Å²) in [5.74, 6) is 0.842. The zero-order valence-electron chi connectivity index (χ0n) is 8.14. The van der Waals surface area contributed by atoms with Crippen LogP contribution in [-0.4, -0.2) is 22.1 Å². The molecule has 1 aliphatic rings. The summed E-state index contributed by atoms with van der Waals surface area (Å²) < 4.78 is 0. The fraction of sp³-hybridized carbons (Fsp3) is 0.200. The lowest BCUT2D eigenvalue weighted by atomic mass is 10.1. The van der Waals surface area contributed by atoms with E-state index >= 15 is 0 Å². The van der Waals surface area contributed by atoms with Gasteiger partial charge >= 0.3 is 0 Å². The van der Waals surface area contributed by atoms with Crippen molar-refractivity contribution in [3.63, 3.8) is 0 Å². The van der Waals surface area contributed by atoms with Gasteiger partial charge < -0.3 is 4.90 Å². The molecule has 0 saturated heterocycles. The monoisotopic (exact) mass is 201 g/mol. The Balaban J connectivity index is 2.06. The first-order chi connectivity index (χ1) is 7.45. The summed E-state index contributed by atoms with van der Waals surface area (Å²) in [4.78, 5) is 2.10. The maximum atomic E-state index is 4.09. The molecule has 1 aromatic carbocycles. The second-order valence-electron chi connectivity index (χ2n) is 3.47. The van der Waals surface area contributed by atoms with E-state index in [1.54, 1.807) is 6.20 Å². The molecular formula is C10H11N5. The molecule has 0 atom stereocenters. The minimum atomic E-state index is 0.767. The molecule has 0 fully saturated rings. The van der Waals surface area contributed by atoms with Crippen molar-refractivity contribution in [2.24, 2.45) is 0 Å². The molecule has 2 N–H and O–H groups in total. The Morgan fingerprint density at radius 2 is 2.20 bits per heavy atom. The molecule has 2 heterocycles. The van der Waals surface area contributed by atoms with Gasteiger partial charge in [-0.25, -0.2) is 0 Å². The van der Waals surface area contributed by atoms with Crippen molar-refractivity contribution in [3.8, 4) is 0 Å². The number of para-hydroxylation sites is 1. The lowest BCUT2D eigenvalue weighted by Crippen LogP contribution is -2.35. The van der Waals surface area contributed by atoms with Crippen molar-refractivity contribution in [2.45, 2.75) is 6.54 Å². The lowest BCUT2D eigenvalue weighted by molar-refractivity contribution is 0.657. The highest BCUT2D eigenvalue weighted by Gasteiger charge is 2.18. The van der Waals surface area contributed by atoms with Crippen LogP contribution in [-0.2, 0) is 6.54 Å². The largest absolute Gasteiger partial charge is 0.310 e. The summed E-state index contributed by atoms with van der Waals surface area (Å²) >= 11 is 0. The van der Waals surface area contributed by atoms with Crippen molar-refractivity contribution >= 4 is 11.5 Å². The van der Waals surface area contributed by atoms with Crippen LogP contribution >= 0.6 is 0 Å². The quantitative estimate of drug-likeness (QED) is 0.722. The molecule has 1 aliphatic heterocycles.